The number of piperidine rings is 2. The average molecular weight is 318 g/mol. The van der Waals surface area contributed by atoms with Crippen LogP contribution in [0.2, 0.25) is 0 Å². The zero-order chi connectivity index (χ0) is 16.4. The van der Waals surface area contributed by atoms with E-state index in [2.05, 4.69) is 0 Å². The molecule has 2 fully saturated rings. The Morgan fingerprint density at radius 3 is 2.74 bits per heavy atom. The summed E-state index contributed by atoms with van der Waals surface area (Å²) < 4.78 is 13.9. The summed E-state index contributed by atoms with van der Waals surface area (Å²) in [6.45, 7) is 3.80. The van der Waals surface area contributed by atoms with Crippen LogP contribution >= 0.6 is 0 Å². The van der Waals surface area contributed by atoms with Crippen LogP contribution in [-0.2, 0) is 4.79 Å². The quantitative estimate of drug-likeness (QED) is 0.841. The van der Waals surface area contributed by atoms with Crippen molar-refractivity contribution in [2.75, 3.05) is 19.6 Å². The van der Waals surface area contributed by atoms with E-state index in [0.29, 0.717) is 26.1 Å². The van der Waals surface area contributed by atoms with Gasteiger partial charge in [0.2, 0.25) is 5.91 Å². The van der Waals surface area contributed by atoms with E-state index >= 15 is 0 Å². The number of likely N-dealkylation sites (N-methyl/N-ethyl adjacent to an activating group) is 1. The standard InChI is InChI=1S/C18H23FN2O2/c1-2-21-16(22)9-5-10-18(21)11-6-12-20(13-18)17(23)14-7-3-4-8-15(14)19/h3-4,7-8H,2,5-6,9-13H2,1H3/t18-/m1/s1. The molecule has 5 heteroatoms. The van der Waals surface area contributed by atoms with Crippen molar-refractivity contribution >= 4 is 11.8 Å². The highest BCUT2D eigenvalue weighted by Gasteiger charge is 2.45. The number of likely N-dealkylation sites (tertiary alicyclic amines) is 2. The fourth-order valence-corrected chi connectivity index (χ4v) is 4.13. The van der Waals surface area contributed by atoms with Crippen LogP contribution in [0.15, 0.2) is 24.3 Å². The lowest BCUT2D eigenvalue weighted by molar-refractivity contribution is -0.144. The minimum absolute atomic E-state index is 0.120. The van der Waals surface area contributed by atoms with Gasteiger partial charge in [-0.25, -0.2) is 4.39 Å². The van der Waals surface area contributed by atoms with Gasteiger partial charge in [-0.05, 0) is 44.7 Å². The van der Waals surface area contributed by atoms with E-state index in [1.165, 1.54) is 12.1 Å². The lowest BCUT2D eigenvalue weighted by atomic mass is 9.79. The first-order valence-corrected chi connectivity index (χ1v) is 8.42. The summed E-state index contributed by atoms with van der Waals surface area (Å²) >= 11 is 0. The Bertz CT molecular complexity index is 615. The van der Waals surface area contributed by atoms with Crippen molar-refractivity contribution in [3.8, 4) is 0 Å². The fraction of sp³-hybridized carbons (Fsp3) is 0.556. The summed E-state index contributed by atoms with van der Waals surface area (Å²) in [4.78, 5) is 28.6. The highest BCUT2D eigenvalue weighted by molar-refractivity contribution is 5.94. The van der Waals surface area contributed by atoms with Gasteiger partial charge in [-0.3, -0.25) is 9.59 Å². The Balaban J connectivity index is 1.84. The van der Waals surface area contributed by atoms with E-state index in [1.54, 1.807) is 17.0 Å². The number of benzene rings is 1. The number of carbonyl (C=O) groups excluding carboxylic acids is 2. The molecule has 4 nitrogen and oxygen atoms in total. The van der Waals surface area contributed by atoms with Crippen LogP contribution in [0.1, 0.15) is 49.4 Å². The van der Waals surface area contributed by atoms with Gasteiger partial charge in [0.25, 0.3) is 5.91 Å². The van der Waals surface area contributed by atoms with Crippen LogP contribution < -0.4 is 0 Å². The molecule has 124 valence electrons. The fourth-order valence-electron chi connectivity index (χ4n) is 4.13. The molecule has 2 aliphatic rings. The monoisotopic (exact) mass is 318 g/mol. The number of hydrogen-bond donors (Lipinski definition) is 0. The number of carbonyl (C=O) groups is 2. The van der Waals surface area contributed by atoms with Gasteiger partial charge < -0.3 is 9.80 Å². The predicted molar refractivity (Wildman–Crippen MR) is 85.5 cm³/mol. The Morgan fingerprint density at radius 2 is 2.00 bits per heavy atom. The highest BCUT2D eigenvalue weighted by Crippen LogP contribution is 2.37. The average Bonchev–Trinajstić information content (AvgIpc) is 2.55. The normalized spacial score (nSPS) is 25.0. The molecule has 2 aliphatic heterocycles. The molecule has 2 saturated heterocycles. The minimum atomic E-state index is -0.482. The van der Waals surface area contributed by atoms with Crippen LogP contribution in [0.3, 0.4) is 0 Å². The Labute approximate surface area is 136 Å². The van der Waals surface area contributed by atoms with Crippen LogP contribution in [0.4, 0.5) is 4.39 Å². The van der Waals surface area contributed by atoms with Gasteiger partial charge in [0, 0.05) is 26.1 Å². The van der Waals surface area contributed by atoms with Gasteiger partial charge in [0.05, 0.1) is 11.1 Å². The van der Waals surface area contributed by atoms with Gasteiger partial charge in [0.15, 0.2) is 0 Å². The van der Waals surface area contributed by atoms with Crippen molar-refractivity contribution in [3.63, 3.8) is 0 Å². The maximum atomic E-state index is 13.9. The maximum absolute atomic E-state index is 13.9. The zero-order valence-corrected chi connectivity index (χ0v) is 13.6. The first-order valence-electron chi connectivity index (χ1n) is 8.42. The van der Waals surface area contributed by atoms with E-state index < -0.39 is 5.82 Å². The molecule has 0 unspecified atom stereocenters. The first kappa shape index (κ1) is 16.0. The third-order valence-corrected chi connectivity index (χ3v) is 5.17. The molecular formula is C18H23FN2O2. The minimum Gasteiger partial charge on any atom is -0.336 e. The van der Waals surface area contributed by atoms with Crippen molar-refractivity contribution in [1.29, 1.82) is 0 Å². The molecule has 2 amide bonds. The molecular weight excluding hydrogens is 295 g/mol. The summed E-state index contributed by atoms with van der Waals surface area (Å²) in [7, 11) is 0. The summed E-state index contributed by atoms with van der Waals surface area (Å²) in [5.74, 6) is -0.570. The van der Waals surface area contributed by atoms with Crippen molar-refractivity contribution < 1.29 is 14.0 Å². The highest BCUT2D eigenvalue weighted by atomic mass is 19.1. The third kappa shape index (κ3) is 2.84. The summed E-state index contributed by atoms with van der Waals surface area (Å²) in [6, 6.07) is 6.11. The molecule has 0 saturated carbocycles. The molecule has 0 aromatic heterocycles. The van der Waals surface area contributed by atoms with Gasteiger partial charge >= 0.3 is 0 Å². The van der Waals surface area contributed by atoms with E-state index in [0.717, 1.165) is 25.7 Å². The Hall–Kier alpha value is -1.91. The predicted octanol–water partition coefficient (Wildman–Crippen LogP) is 2.83. The molecule has 1 aromatic rings. The summed E-state index contributed by atoms with van der Waals surface area (Å²) in [6.07, 6.45) is 4.17. The molecule has 1 atom stereocenters. The lowest BCUT2D eigenvalue weighted by Crippen LogP contribution is -2.63. The van der Waals surface area contributed by atoms with Gasteiger partial charge in [-0.1, -0.05) is 12.1 Å². The number of halogens is 1. The second-order valence-electron chi connectivity index (χ2n) is 6.53. The number of rotatable bonds is 2. The third-order valence-electron chi connectivity index (χ3n) is 5.17. The summed E-state index contributed by atoms with van der Waals surface area (Å²) in [5, 5.41) is 0. The second-order valence-corrected chi connectivity index (χ2v) is 6.53. The van der Waals surface area contributed by atoms with Crippen LogP contribution in [0.25, 0.3) is 0 Å². The molecule has 0 N–H and O–H groups in total. The number of amides is 2. The lowest BCUT2D eigenvalue weighted by Gasteiger charge is -2.51. The Kier molecular flexibility index (Phi) is 4.37. The van der Waals surface area contributed by atoms with Crippen LogP contribution in [-0.4, -0.2) is 46.8 Å². The largest absolute Gasteiger partial charge is 0.336 e. The Morgan fingerprint density at radius 1 is 1.26 bits per heavy atom. The molecule has 3 rings (SSSR count). The molecule has 1 aromatic carbocycles. The first-order chi connectivity index (χ1) is 11.1. The molecule has 1 spiro atoms. The van der Waals surface area contributed by atoms with Gasteiger partial charge in [-0.15, -0.1) is 0 Å². The second kappa shape index (κ2) is 6.30. The number of nitrogens with zero attached hydrogens (tertiary/aromatic N) is 2. The van der Waals surface area contributed by atoms with Crippen molar-refractivity contribution in [3.05, 3.63) is 35.6 Å². The van der Waals surface area contributed by atoms with E-state index in [1.807, 2.05) is 11.8 Å². The van der Waals surface area contributed by atoms with Gasteiger partial charge in [-0.2, -0.15) is 0 Å². The molecule has 0 aliphatic carbocycles. The van der Waals surface area contributed by atoms with Crippen molar-refractivity contribution in [2.24, 2.45) is 0 Å². The van der Waals surface area contributed by atoms with E-state index in [-0.39, 0.29) is 22.9 Å². The molecule has 2 heterocycles. The van der Waals surface area contributed by atoms with Crippen molar-refractivity contribution in [1.82, 2.24) is 9.80 Å². The maximum Gasteiger partial charge on any atom is 0.256 e. The van der Waals surface area contributed by atoms with Crippen molar-refractivity contribution in [2.45, 2.75) is 44.6 Å². The number of hydrogen-bond acceptors (Lipinski definition) is 2. The SMILES string of the molecule is CCN1C(=O)CCC[C@]12CCCN(C(=O)c1ccccc1F)C2. The topological polar surface area (TPSA) is 40.6 Å². The van der Waals surface area contributed by atoms with Crippen LogP contribution in [0, 0.1) is 5.82 Å². The smallest absolute Gasteiger partial charge is 0.256 e. The van der Waals surface area contributed by atoms with Crippen LogP contribution in [0.5, 0.6) is 0 Å². The molecule has 23 heavy (non-hydrogen) atoms. The molecule has 0 radical (unpaired) electrons. The van der Waals surface area contributed by atoms with E-state index in [4.69, 9.17) is 0 Å². The van der Waals surface area contributed by atoms with Gasteiger partial charge in [0.1, 0.15) is 5.82 Å². The summed E-state index contributed by atoms with van der Waals surface area (Å²) in [5.41, 5.74) is -0.141. The van der Waals surface area contributed by atoms with E-state index in [9.17, 15) is 14.0 Å². The molecule has 0 bridgehead atoms. The zero-order valence-electron chi connectivity index (χ0n) is 13.6.